The van der Waals surface area contributed by atoms with E-state index >= 15 is 0 Å². The van der Waals surface area contributed by atoms with Crippen molar-refractivity contribution in [2.45, 2.75) is 183 Å². The van der Waals surface area contributed by atoms with Gasteiger partial charge in [0.15, 0.2) is 49.9 Å². The lowest BCUT2D eigenvalue weighted by Crippen LogP contribution is -2.60. The summed E-state index contributed by atoms with van der Waals surface area (Å²) in [5.41, 5.74) is 0.729. The molecule has 0 aliphatic heterocycles. The predicted octanol–water partition coefficient (Wildman–Crippen LogP) is 10.8. The van der Waals surface area contributed by atoms with E-state index in [9.17, 15) is 9.59 Å². The highest BCUT2D eigenvalue weighted by Crippen LogP contribution is 2.31. The minimum Gasteiger partial charge on any atom is -0.459 e. The Bertz CT molecular complexity index is 1280. The van der Waals surface area contributed by atoms with Gasteiger partial charge < -0.3 is 53.1 Å². The van der Waals surface area contributed by atoms with Crippen LogP contribution in [0.25, 0.3) is 0 Å². The molecule has 64 heavy (non-hydrogen) atoms. The highest BCUT2D eigenvalue weighted by molar-refractivity contribution is 6.91. The summed E-state index contributed by atoms with van der Waals surface area (Å²) in [5, 5.41) is 0. The first-order valence-corrected chi connectivity index (χ1v) is 47.3. The highest BCUT2D eigenvalue weighted by atomic mass is 28.5. The lowest BCUT2D eigenvalue weighted by atomic mass is 10.3. The van der Waals surface area contributed by atoms with E-state index in [-0.39, 0.29) is 19.3 Å². The molecule has 0 saturated carbocycles. The standard InChI is InChI=1S/2C21H48O7Si4/c1-13-24-20(18-25-21(22)19(2)3)17-23-15-14-16-32(26-29(4,5)6,27-30(7,8)9)28-31(10,11)12;1-13-23-17-20(25-21(22)19(2)3)18-24-15-14-16-32(26-29(4,5)6,27-30(7,8)9)28-31(10,11)12/h2*20H,2,13-18H2,1,3-12H3. The van der Waals surface area contributed by atoms with E-state index in [4.69, 9.17) is 53.1 Å². The summed E-state index contributed by atoms with van der Waals surface area (Å²) in [4.78, 5) is 23.5. The van der Waals surface area contributed by atoms with Crippen molar-refractivity contribution in [3.8, 4) is 0 Å². The first kappa shape index (κ1) is 65.8. The summed E-state index contributed by atoms with van der Waals surface area (Å²) < 4.78 is 73.6. The Hall–Kier alpha value is -0.245. The molecule has 0 aromatic carbocycles. The second-order valence-electron chi connectivity index (χ2n) is 21.9. The molecule has 0 rings (SSSR count). The van der Waals surface area contributed by atoms with Crippen LogP contribution in [-0.2, 0) is 62.7 Å². The molecule has 0 N–H and O–H groups in total. The Balaban J connectivity index is 0. The quantitative estimate of drug-likeness (QED) is 0.0261. The van der Waals surface area contributed by atoms with Crippen molar-refractivity contribution in [3.63, 3.8) is 0 Å². The fourth-order valence-electron chi connectivity index (χ4n) is 5.73. The lowest BCUT2D eigenvalue weighted by molar-refractivity contribution is -0.151. The van der Waals surface area contributed by atoms with Crippen molar-refractivity contribution in [1.29, 1.82) is 0 Å². The number of carbonyl (C=O) groups is 2. The van der Waals surface area contributed by atoms with Crippen LogP contribution in [0.1, 0.15) is 40.5 Å². The third kappa shape index (κ3) is 37.7. The Labute approximate surface area is 400 Å². The number of ether oxygens (including phenoxy) is 6. The van der Waals surface area contributed by atoms with Crippen LogP contribution in [0.15, 0.2) is 24.3 Å². The monoisotopic (exact) mass is 1050 g/mol. The van der Waals surface area contributed by atoms with Gasteiger partial charge >= 0.3 is 29.5 Å². The SMILES string of the molecule is C=C(C)C(=O)OC(COCC)COCCC[Si](O[Si](C)(C)C)(O[Si](C)(C)C)O[Si](C)(C)C.C=C(C)C(=O)OCC(COCCC[Si](O[Si](C)(C)C)(O[Si](C)(C)C)O[Si](C)(C)C)OCC. The van der Waals surface area contributed by atoms with Crippen LogP contribution in [0.2, 0.25) is 130 Å². The fourth-order valence-corrected chi connectivity index (χ4v) is 35.0. The zero-order chi connectivity index (χ0) is 50.4. The molecule has 2 atom stereocenters. The Morgan fingerprint density at radius 1 is 0.438 bits per heavy atom. The van der Waals surface area contributed by atoms with Gasteiger partial charge in [0.2, 0.25) is 0 Å². The van der Waals surface area contributed by atoms with Crippen LogP contribution in [0, 0.1) is 0 Å². The molecule has 380 valence electrons. The largest absolute Gasteiger partial charge is 0.469 e. The van der Waals surface area contributed by atoms with Gasteiger partial charge in [0.25, 0.3) is 0 Å². The van der Waals surface area contributed by atoms with Crippen LogP contribution in [0.5, 0.6) is 0 Å². The van der Waals surface area contributed by atoms with Gasteiger partial charge in [-0.05, 0) is 158 Å². The van der Waals surface area contributed by atoms with Gasteiger partial charge in [0.1, 0.15) is 18.8 Å². The van der Waals surface area contributed by atoms with E-state index < -0.39 is 85.6 Å². The van der Waals surface area contributed by atoms with E-state index in [0.29, 0.717) is 56.8 Å². The summed E-state index contributed by atoms with van der Waals surface area (Å²) in [7, 11) is -17.0. The number of carbonyl (C=O) groups excluding carboxylic acids is 2. The van der Waals surface area contributed by atoms with E-state index in [1.165, 1.54) is 0 Å². The Morgan fingerprint density at radius 2 is 0.750 bits per heavy atom. The van der Waals surface area contributed by atoms with Gasteiger partial charge in [-0.1, -0.05) is 13.2 Å². The second-order valence-corrected chi connectivity index (χ2v) is 55.9. The molecule has 0 aromatic heterocycles. The average molecular weight is 1050 g/mol. The van der Waals surface area contributed by atoms with Crippen LogP contribution < -0.4 is 0 Å². The van der Waals surface area contributed by atoms with E-state index in [2.05, 4.69) is 131 Å². The molecule has 0 aliphatic rings. The molecule has 0 aromatic rings. The molecule has 0 bridgehead atoms. The zero-order valence-corrected chi connectivity index (χ0v) is 52.8. The molecular formula is C42H96O14Si8. The van der Waals surface area contributed by atoms with Crippen molar-refractivity contribution in [2.75, 3.05) is 52.9 Å². The number of esters is 2. The van der Waals surface area contributed by atoms with Crippen LogP contribution in [0.3, 0.4) is 0 Å². The third-order valence-corrected chi connectivity index (χ3v) is 31.3. The van der Waals surface area contributed by atoms with Crippen LogP contribution in [-0.4, -0.2) is 145 Å². The summed E-state index contributed by atoms with van der Waals surface area (Å²) in [6, 6.07) is 1.45. The van der Waals surface area contributed by atoms with Gasteiger partial charge in [-0.15, -0.1) is 0 Å². The highest BCUT2D eigenvalue weighted by Gasteiger charge is 2.51. The predicted molar refractivity (Wildman–Crippen MR) is 281 cm³/mol. The molecule has 0 radical (unpaired) electrons. The topological polar surface area (TPSA) is 145 Å². The maximum atomic E-state index is 11.9. The molecule has 0 fully saturated rings. The van der Waals surface area contributed by atoms with E-state index in [1.807, 2.05) is 13.8 Å². The summed E-state index contributed by atoms with van der Waals surface area (Å²) in [5.74, 6) is -0.846. The molecular weight excluding hydrogens is 953 g/mol. The zero-order valence-electron chi connectivity index (χ0n) is 44.8. The van der Waals surface area contributed by atoms with Crippen molar-refractivity contribution in [1.82, 2.24) is 0 Å². The molecule has 0 spiro atoms. The average Bonchev–Trinajstić information content (AvgIpc) is 3.04. The first-order chi connectivity index (χ1) is 28.8. The molecule has 2 unspecified atom stereocenters. The van der Waals surface area contributed by atoms with Gasteiger partial charge in [-0.25, -0.2) is 9.59 Å². The van der Waals surface area contributed by atoms with Crippen molar-refractivity contribution in [3.05, 3.63) is 24.3 Å². The van der Waals surface area contributed by atoms with E-state index in [1.54, 1.807) is 13.8 Å². The van der Waals surface area contributed by atoms with Crippen LogP contribution >= 0.6 is 0 Å². The number of hydrogen-bond acceptors (Lipinski definition) is 14. The van der Waals surface area contributed by atoms with E-state index in [0.717, 1.165) is 18.9 Å². The maximum Gasteiger partial charge on any atom is 0.469 e. The van der Waals surface area contributed by atoms with Crippen molar-refractivity contribution in [2.24, 2.45) is 0 Å². The van der Waals surface area contributed by atoms with Gasteiger partial charge in [-0.3, -0.25) is 0 Å². The Kier molecular flexibility index (Phi) is 30.6. The normalized spacial score (nSPS) is 14.3. The number of hydrogen-bond donors (Lipinski definition) is 0. The summed E-state index contributed by atoms with van der Waals surface area (Å²) in [6.45, 7) is 56.8. The minimum atomic E-state index is -2.86. The fraction of sp³-hybridized carbons (Fsp3) is 0.857. The molecule has 0 saturated heterocycles. The maximum absolute atomic E-state index is 11.9. The van der Waals surface area contributed by atoms with Crippen LogP contribution in [0.4, 0.5) is 0 Å². The van der Waals surface area contributed by atoms with Crippen molar-refractivity contribution < 1.29 is 62.7 Å². The first-order valence-electron chi connectivity index (χ1n) is 23.0. The molecule has 22 heteroatoms. The summed E-state index contributed by atoms with van der Waals surface area (Å²) >= 11 is 0. The van der Waals surface area contributed by atoms with Crippen molar-refractivity contribution >= 4 is 79.5 Å². The Morgan fingerprint density at radius 3 is 1.03 bits per heavy atom. The molecule has 0 heterocycles. The second kappa shape index (κ2) is 29.7. The molecule has 0 amide bonds. The smallest absolute Gasteiger partial charge is 0.459 e. The molecule has 14 nitrogen and oxygen atoms in total. The minimum absolute atomic E-state index is 0.147. The summed E-state index contributed by atoms with van der Waals surface area (Å²) in [6.07, 6.45) is 0.758. The molecule has 0 aliphatic carbocycles. The van der Waals surface area contributed by atoms with Gasteiger partial charge in [0.05, 0.1) is 19.8 Å². The lowest BCUT2D eigenvalue weighted by Gasteiger charge is -2.43. The third-order valence-electron chi connectivity index (χ3n) is 7.20. The van der Waals surface area contributed by atoms with Gasteiger partial charge in [0, 0.05) is 49.7 Å². The number of rotatable bonds is 34. The van der Waals surface area contributed by atoms with Gasteiger partial charge in [-0.2, -0.15) is 0 Å².